The zero-order chi connectivity index (χ0) is 25.5. The first-order valence-corrected chi connectivity index (χ1v) is 12.9. The summed E-state index contributed by atoms with van der Waals surface area (Å²) in [4.78, 5) is 24.5. The Morgan fingerprint density at radius 1 is 0.829 bits per heavy atom. The Morgan fingerprint density at radius 3 is 2.09 bits per heavy atom. The molecule has 0 bridgehead atoms. The average molecular weight is 487 g/mol. The fourth-order valence-electron chi connectivity index (χ4n) is 3.40. The lowest BCUT2D eigenvalue weighted by Crippen LogP contribution is -2.13. The van der Waals surface area contributed by atoms with Crippen LogP contribution in [0.4, 0.5) is 4.39 Å². The SMILES string of the molecule is CCCCCCCCCCOc1ccc(C(=O)Oc2ccc(C(=O)OCC(C)CC)cc2F)cc1. The monoisotopic (exact) mass is 486 g/mol. The lowest BCUT2D eigenvalue weighted by atomic mass is 10.1. The second-order valence-corrected chi connectivity index (χ2v) is 8.99. The van der Waals surface area contributed by atoms with Crippen LogP contribution in [0.3, 0.4) is 0 Å². The van der Waals surface area contributed by atoms with Crippen LogP contribution in [0.25, 0.3) is 0 Å². The van der Waals surface area contributed by atoms with Crippen LogP contribution in [-0.4, -0.2) is 25.2 Å². The third-order valence-electron chi connectivity index (χ3n) is 5.92. The van der Waals surface area contributed by atoms with Gasteiger partial charge in [-0.3, -0.25) is 0 Å². The van der Waals surface area contributed by atoms with Crippen LogP contribution >= 0.6 is 0 Å². The smallest absolute Gasteiger partial charge is 0.343 e. The predicted molar refractivity (Wildman–Crippen MR) is 136 cm³/mol. The van der Waals surface area contributed by atoms with Gasteiger partial charge in [-0.1, -0.05) is 72.1 Å². The van der Waals surface area contributed by atoms with E-state index in [1.165, 1.54) is 50.7 Å². The molecule has 0 heterocycles. The van der Waals surface area contributed by atoms with Crippen molar-refractivity contribution in [3.8, 4) is 11.5 Å². The van der Waals surface area contributed by atoms with E-state index in [9.17, 15) is 14.0 Å². The highest BCUT2D eigenvalue weighted by molar-refractivity contribution is 5.92. The molecule has 0 spiro atoms. The van der Waals surface area contributed by atoms with E-state index in [1.807, 2.05) is 13.8 Å². The number of halogens is 1. The number of carbonyl (C=O) groups is 2. The molecule has 0 saturated heterocycles. The van der Waals surface area contributed by atoms with Crippen molar-refractivity contribution in [2.75, 3.05) is 13.2 Å². The van der Waals surface area contributed by atoms with Crippen LogP contribution in [0.2, 0.25) is 0 Å². The molecule has 2 rings (SSSR count). The molecule has 0 N–H and O–H groups in total. The first-order valence-electron chi connectivity index (χ1n) is 12.9. The summed E-state index contributed by atoms with van der Waals surface area (Å²) in [6.45, 7) is 7.09. The second-order valence-electron chi connectivity index (χ2n) is 8.99. The van der Waals surface area contributed by atoms with Crippen LogP contribution in [0.15, 0.2) is 42.5 Å². The summed E-state index contributed by atoms with van der Waals surface area (Å²) in [6, 6.07) is 10.2. The van der Waals surface area contributed by atoms with Gasteiger partial charge in [0, 0.05) is 0 Å². The number of esters is 2. The molecule has 1 atom stereocenters. The molecule has 0 aliphatic heterocycles. The summed E-state index contributed by atoms with van der Waals surface area (Å²) in [5.74, 6) is -1.44. The summed E-state index contributed by atoms with van der Waals surface area (Å²) in [5, 5.41) is 0. The number of benzene rings is 2. The van der Waals surface area contributed by atoms with Crippen molar-refractivity contribution in [3.63, 3.8) is 0 Å². The molecule has 0 radical (unpaired) electrons. The lowest BCUT2D eigenvalue weighted by molar-refractivity contribution is 0.0446. The van der Waals surface area contributed by atoms with Gasteiger partial charge in [-0.2, -0.15) is 0 Å². The zero-order valence-corrected chi connectivity index (χ0v) is 21.3. The maximum Gasteiger partial charge on any atom is 0.343 e. The number of ether oxygens (including phenoxy) is 3. The first-order chi connectivity index (χ1) is 16.9. The Labute approximate surface area is 209 Å². The molecule has 2 aromatic rings. The lowest BCUT2D eigenvalue weighted by Gasteiger charge is -2.11. The zero-order valence-electron chi connectivity index (χ0n) is 21.3. The van der Waals surface area contributed by atoms with Crippen molar-refractivity contribution >= 4 is 11.9 Å². The Hall–Kier alpha value is -2.89. The number of carbonyl (C=O) groups excluding carboxylic acids is 2. The molecule has 0 fully saturated rings. The van der Waals surface area contributed by atoms with Gasteiger partial charge in [-0.05, 0) is 54.8 Å². The highest BCUT2D eigenvalue weighted by Gasteiger charge is 2.16. The van der Waals surface area contributed by atoms with Gasteiger partial charge in [0.15, 0.2) is 11.6 Å². The quantitative estimate of drug-likeness (QED) is 0.138. The molecule has 1 unspecified atom stereocenters. The largest absolute Gasteiger partial charge is 0.494 e. The van der Waals surface area contributed by atoms with Crippen LogP contribution in [0.1, 0.15) is 99.3 Å². The van der Waals surface area contributed by atoms with E-state index in [-0.39, 0.29) is 29.4 Å². The minimum absolute atomic E-state index is 0.0728. The third kappa shape index (κ3) is 10.5. The fraction of sp³-hybridized carbons (Fsp3) is 0.517. The minimum atomic E-state index is -0.804. The van der Waals surface area contributed by atoms with Crippen molar-refractivity contribution in [1.82, 2.24) is 0 Å². The molecule has 0 aromatic heterocycles. The Bertz CT molecular complexity index is 910. The van der Waals surface area contributed by atoms with Crippen molar-refractivity contribution in [1.29, 1.82) is 0 Å². The molecule has 0 saturated carbocycles. The molecule has 6 heteroatoms. The van der Waals surface area contributed by atoms with E-state index in [4.69, 9.17) is 14.2 Å². The first kappa shape index (κ1) is 28.3. The summed E-state index contributed by atoms with van der Waals surface area (Å²) < 4.78 is 30.5. The van der Waals surface area contributed by atoms with Gasteiger partial charge in [0.05, 0.1) is 24.3 Å². The third-order valence-corrected chi connectivity index (χ3v) is 5.92. The van der Waals surface area contributed by atoms with Crippen molar-refractivity contribution < 1.29 is 28.2 Å². The second kappa shape index (κ2) is 15.9. The minimum Gasteiger partial charge on any atom is -0.494 e. The standard InChI is InChI=1S/C29H39FO5/c1-4-6-7-8-9-10-11-12-19-33-25-16-13-23(14-17-25)29(32)35-27-18-15-24(20-26(27)30)28(31)34-21-22(3)5-2/h13-18,20,22H,4-12,19,21H2,1-3H3. The van der Waals surface area contributed by atoms with Gasteiger partial charge in [0.2, 0.25) is 0 Å². The number of unbranched alkanes of at least 4 members (excludes halogenated alkanes) is 7. The van der Waals surface area contributed by atoms with Gasteiger partial charge < -0.3 is 14.2 Å². The molecule has 0 amide bonds. The van der Waals surface area contributed by atoms with Crippen LogP contribution in [0.5, 0.6) is 11.5 Å². The van der Waals surface area contributed by atoms with E-state index >= 15 is 0 Å². The van der Waals surface area contributed by atoms with E-state index < -0.39 is 17.8 Å². The van der Waals surface area contributed by atoms with Gasteiger partial charge in [-0.15, -0.1) is 0 Å². The molecule has 0 aliphatic carbocycles. The molecular weight excluding hydrogens is 447 g/mol. The van der Waals surface area contributed by atoms with Gasteiger partial charge in [0.25, 0.3) is 0 Å². The van der Waals surface area contributed by atoms with E-state index in [2.05, 4.69) is 6.92 Å². The Morgan fingerprint density at radius 2 is 1.46 bits per heavy atom. The van der Waals surface area contributed by atoms with Crippen LogP contribution < -0.4 is 9.47 Å². The number of hydrogen-bond acceptors (Lipinski definition) is 5. The van der Waals surface area contributed by atoms with Crippen molar-refractivity contribution in [3.05, 3.63) is 59.4 Å². The maximum absolute atomic E-state index is 14.4. The summed E-state index contributed by atoms with van der Waals surface area (Å²) in [6.07, 6.45) is 10.8. The van der Waals surface area contributed by atoms with Gasteiger partial charge >= 0.3 is 11.9 Å². The van der Waals surface area contributed by atoms with E-state index in [1.54, 1.807) is 24.3 Å². The average Bonchev–Trinajstić information content (AvgIpc) is 2.87. The van der Waals surface area contributed by atoms with Crippen molar-refractivity contribution in [2.24, 2.45) is 5.92 Å². The highest BCUT2D eigenvalue weighted by Crippen LogP contribution is 2.21. The topological polar surface area (TPSA) is 61.8 Å². The molecule has 192 valence electrons. The maximum atomic E-state index is 14.4. The molecular formula is C29H39FO5. The van der Waals surface area contributed by atoms with E-state index in [0.29, 0.717) is 12.4 Å². The van der Waals surface area contributed by atoms with E-state index in [0.717, 1.165) is 25.3 Å². The molecule has 2 aromatic carbocycles. The summed E-state index contributed by atoms with van der Waals surface area (Å²) in [7, 11) is 0. The summed E-state index contributed by atoms with van der Waals surface area (Å²) >= 11 is 0. The normalized spacial score (nSPS) is 11.7. The number of hydrogen-bond donors (Lipinski definition) is 0. The predicted octanol–water partition coefficient (Wildman–Crippen LogP) is 7.77. The Kier molecular flexibility index (Phi) is 12.9. The van der Waals surface area contributed by atoms with Gasteiger partial charge in [0.1, 0.15) is 5.75 Å². The van der Waals surface area contributed by atoms with Crippen molar-refractivity contribution in [2.45, 2.75) is 78.6 Å². The fourth-order valence-corrected chi connectivity index (χ4v) is 3.40. The van der Waals surface area contributed by atoms with Crippen LogP contribution in [-0.2, 0) is 4.74 Å². The van der Waals surface area contributed by atoms with Gasteiger partial charge in [-0.25, -0.2) is 14.0 Å². The number of rotatable bonds is 16. The summed E-state index contributed by atoms with van der Waals surface area (Å²) in [5.41, 5.74) is 0.351. The highest BCUT2D eigenvalue weighted by atomic mass is 19.1. The molecule has 5 nitrogen and oxygen atoms in total. The molecule has 35 heavy (non-hydrogen) atoms. The Balaban J connectivity index is 1.76. The van der Waals surface area contributed by atoms with Crippen LogP contribution in [0, 0.1) is 11.7 Å². The molecule has 0 aliphatic rings.